The number of hydrogen-bond acceptors (Lipinski definition) is 6. The number of benzene rings is 2. The van der Waals surface area contributed by atoms with Gasteiger partial charge < -0.3 is 29.4 Å². The molecule has 0 amide bonds. The number of phenolic OH excluding ortho intramolecular Hbond substituents is 1. The highest BCUT2D eigenvalue weighted by Crippen LogP contribution is 2.56. The van der Waals surface area contributed by atoms with Gasteiger partial charge >= 0.3 is 0 Å². The normalized spacial score (nSPS) is 19.2. The minimum Gasteiger partial charge on any atom is -0.502 e. The second-order valence-electron chi connectivity index (χ2n) is 6.51. The number of aromatic hydroxyl groups is 1. The number of fused-ring (bicyclic) bond motifs is 3. The van der Waals surface area contributed by atoms with Crippen molar-refractivity contribution in [1.82, 2.24) is 5.32 Å². The molecule has 1 atom stereocenters. The zero-order valence-electron chi connectivity index (χ0n) is 14.1. The van der Waals surface area contributed by atoms with E-state index in [1.54, 1.807) is 14.2 Å². The largest absolute Gasteiger partial charge is 0.502 e. The molecule has 1 aliphatic carbocycles. The Hall–Kier alpha value is -2.60. The lowest BCUT2D eigenvalue weighted by Crippen LogP contribution is -2.34. The molecule has 3 aliphatic rings. The summed E-state index contributed by atoms with van der Waals surface area (Å²) < 4.78 is 22.2. The molecule has 2 heterocycles. The lowest BCUT2D eigenvalue weighted by molar-refractivity contribution is 0.174. The van der Waals surface area contributed by atoms with E-state index < -0.39 is 0 Å². The molecule has 6 nitrogen and oxygen atoms in total. The van der Waals surface area contributed by atoms with Crippen molar-refractivity contribution in [2.75, 3.05) is 27.6 Å². The van der Waals surface area contributed by atoms with E-state index in [0.717, 1.165) is 58.7 Å². The van der Waals surface area contributed by atoms with Gasteiger partial charge in [0.15, 0.2) is 23.0 Å². The molecule has 0 saturated heterocycles. The van der Waals surface area contributed by atoms with E-state index in [2.05, 4.69) is 5.32 Å². The Morgan fingerprint density at radius 3 is 2.64 bits per heavy atom. The molecule has 2 aliphatic heterocycles. The SMILES string of the molecule is COc1c(O)c(OC)c2c3c1CCNC3Cc1cc3c(cc1-2)OCO3. The Kier molecular flexibility index (Phi) is 3.06. The van der Waals surface area contributed by atoms with Crippen LogP contribution in [-0.4, -0.2) is 32.7 Å². The van der Waals surface area contributed by atoms with Crippen LogP contribution in [0.5, 0.6) is 28.7 Å². The van der Waals surface area contributed by atoms with E-state index in [0.29, 0.717) is 11.5 Å². The minimum absolute atomic E-state index is 0.0601. The van der Waals surface area contributed by atoms with Crippen LogP contribution in [0.1, 0.15) is 22.7 Å². The molecule has 0 fully saturated rings. The van der Waals surface area contributed by atoms with Gasteiger partial charge in [-0.2, -0.15) is 0 Å². The summed E-state index contributed by atoms with van der Waals surface area (Å²) in [6.07, 6.45) is 1.66. The van der Waals surface area contributed by atoms with Crippen LogP contribution >= 0.6 is 0 Å². The van der Waals surface area contributed by atoms with Crippen molar-refractivity contribution in [3.05, 3.63) is 28.8 Å². The molecule has 130 valence electrons. The summed E-state index contributed by atoms with van der Waals surface area (Å²) in [6.45, 7) is 1.09. The standard InChI is InChI=1S/C19H19NO5/c1-22-18-10-3-4-20-12-5-9-6-13-14(25-8-24-13)7-11(9)16(15(10)12)19(23-2)17(18)21/h6-7,12,20-21H,3-5,8H2,1-2H3. The molecule has 0 bridgehead atoms. The number of nitrogens with one attached hydrogen (secondary N) is 1. The first kappa shape index (κ1) is 14.7. The van der Waals surface area contributed by atoms with Gasteiger partial charge in [-0.3, -0.25) is 0 Å². The van der Waals surface area contributed by atoms with Gasteiger partial charge in [-0.15, -0.1) is 0 Å². The van der Waals surface area contributed by atoms with Crippen LogP contribution in [0, 0.1) is 0 Å². The fraction of sp³-hybridized carbons (Fsp3) is 0.368. The number of methoxy groups -OCH3 is 2. The van der Waals surface area contributed by atoms with Crippen molar-refractivity contribution in [2.45, 2.75) is 18.9 Å². The summed E-state index contributed by atoms with van der Waals surface area (Å²) >= 11 is 0. The predicted molar refractivity (Wildman–Crippen MR) is 90.9 cm³/mol. The molecule has 2 N–H and O–H groups in total. The topological polar surface area (TPSA) is 69.2 Å². The van der Waals surface area contributed by atoms with E-state index in [9.17, 15) is 5.11 Å². The quantitative estimate of drug-likeness (QED) is 0.875. The smallest absolute Gasteiger partial charge is 0.231 e. The van der Waals surface area contributed by atoms with Gasteiger partial charge in [-0.05, 0) is 48.2 Å². The number of ether oxygens (including phenoxy) is 4. The maximum atomic E-state index is 10.8. The molecule has 25 heavy (non-hydrogen) atoms. The highest BCUT2D eigenvalue weighted by atomic mass is 16.7. The third kappa shape index (κ3) is 1.88. The summed E-state index contributed by atoms with van der Waals surface area (Å²) in [6, 6.07) is 4.19. The van der Waals surface area contributed by atoms with Crippen molar-refractivity contribution >= 4 is 0 Å². The molecule has 2 aromatic carbocycles. The first-order valence-corrected chi connectivity index (χ1v) is 8.38. The molecule has 0 radical (unpaired) electrons. The molecule has 1 unspecified atom stereocenters. The van der Waals surface area contributed by atoms with Gasteiger partial charge in [0, 0.05) is 17.2 Å². The van der Waals surface area contributed by atoms with Crippen LogP contribution < -0.4 is 24.3 Å². The molecule has 0 aromatic heterocycles. The highest BCUT2D eigenvalue weighted by molar-refractivity contribution is 5.87. The first-order valence-electron chi connectivity index (χ1n) is 8.38. The fourth-order valence-corrected chi connectivity index (χ4v) is 4.33. The lowest BCUT2D eigenvalue weighted by Gasteiger charge is -2.36. The second-order valence-corrected chi connectivity index (χ2v) is 6.51. The van der Waals surface area contributed by atoms with Crippen LogP contribution in [0.4, 0.5) is 0 Å². The Morgan fingerprint density at radius 2 is 1.88 bits per heavy atom. The van der Waals surface area contributed by atoms with Gasteiger partial charge in [-0.25, -0.2) is 0 Å². The van der Waals surface area contributed by atoms with Crippen molar-refractivity contribution in [2.24, 2.45) is 0 Å². The summed E-state index contributed by atoms with van der Waals surface area (Å²) in [5.41, 5.74) is 5.32. The lowest BCUT2D eigenvalue weighted by atomic mass is 9.76. The van der Waals surface area contributed by atoms with E-state index >= 15 is 0 Å². The predicted octanol–water partition coefficient (Wildman–Crippen LogP) is 2.55. The van der Waals surface area contributed by atoms with E-state index in [4.69, 9.17) is 18.9 Å². The molecule has 2 aromatic rings. The van der Waals surface area contributed by atoms with Gasteiger partial charge in [0.1, 0.15) is 0 Å². The second kappa shape index (κ2) is 5.20. The van der Waals surface area contributed by atoms with E-state index in [1.807, 2.05) is 12.1 Å². The third-order valence-electron chi connectivity index (χ3n) is 5.34. The molecular weight excluding hydrogens is 322 g/mol. The highest BCUT2D eigenvalue weighted by Gasteiger charge is 2.37. The zero-order valence-corrected chi connectivity index (χ0v) is 14.1. The summed E-state index contributed by atoms with van der Waals surface area (Å²) in [7, 11) is 3.16. The number of hydrogen-bond donors (Lipinski definition) is 2. The monoisotopic (exact) mass is 341 g/mol. The van der Waals surface area contributed by atoms with E-state index in [1.165, 1.54) is 0 Å². The zero-order chi connectivity index (χ0) is 17.1. The van der Waals surface area contributed by atoms with Gasteiger partial charge in [0.25, 0.3) is 0 Å². The average molecular weight is 341 g/mol. The van der Waals surface area contributed by atoms with Gasteiger partial charge in [-0.1, -0.05) is 0 Å². The van der Waals surface area contributed by atoms with Crippen molar-refractivity contribution in [3.63, 3.8) is 0 Å². The van der Waals surface area contributed by atoms with Crippen LogP contribution in [0.2, 0.25) is 0 Å². The Labute approximate surface area is 145 Å². The summed E-state index contributed by atoms with van der Waals surface area (Å²) in [4.78, 5) is 0. The maximum Gasteiger partial charge on any atom is 0.231 e. The number of phenols is 1. The summed E-state index contributed by atoms with van der Waals surface area (Å²) in [5, 5.41) is 14.3. The number of rotatable bonds is 2. The van der Waals surface area contributed by atoms with Gasteiger partial charge in [0.2, 0.25) is 12.5 Å². The maximum absolute atomic E-state index is 10.8. The Bertz CT molecular complexity index is 892. The third-order valence-corrected chi connectivity index (χ3v) is 5.34. The summed E-state index contributed by atoms with van der Waals surface area (Å²) in [5.74, 6) is 2.53. The molecule has 0 saturated carbocycles. The van der Waals surface area contributed by atoms with Gasteiger partial charge in [0.05, 0.1) is 14.2 Å². The Balaban J connectivity index is 1.87. The fourth-order valence-electron chi connectivity index (χ4n) is 4.33. The van der Waals surface area contributed by atoms with Crippen LogP contribution in [0.15, 0.2) is 12.1 Å². The van der Waals surface area contributed by atoms with Crippen molar-refractivity contribution in [1.29, 1.82) is 0 Å². The van der Waals surface area contributed by atoms with Crippen molar-refractivity contribution < 1.29 is 24.1 Å². The molecular formula is C19H19NO5. The molecule has 5 rings (SSSR count). The Morgan fingerprint density at radius 1 is 1.12 bits per heavy atom. The van der Waals surface area contributed by atoms with E-state index in [-0.39, 0.29) is 18.6 Å². The average Bonchev–Trinajstić information content (AvgIpc) is 3.07. The van der Waals surface area contributed by atoms with Crippen LogP contribution in [-0.2, 0) is 12.8 Å². The minimum atomic E-state index is 0.0601. The molecule has 6 heteroatoms. The molecule has 0 spiro atoms. The van der Waals surface area contributed by atoms with Crippen LogP contribution in [0.25, 0.3) is 11.1 Å². The van der Waals surface area contributed by atoms with Crippen molar-refractivity contribution in [3.8, 4) is 39.9 Å². The first-order chi connectivity index (χ1) is 12.2. The van der Waals surface area contributed by atoms with Crippen LogP contribution in [0.3, 0.4) is 0 Å².